The fourth-order valence-corrected chi connectivity index (χ4v) is 0.669. The number of hydrogen-bond acceptors (Lipinski definition) is 1. The number of hydrogen-bond donors (Lipinski definition) is 1. The van der Waals surface area contributed by atoms with Gasteiger partial charge in [0.2, 0.25) is 0 Å². The Bertz CT molecular complexity index is 121. The average molecular weight is 156 g/mol. The molecule has 66 valence electrons. The van der Waals surface area contributed by atoms with Crippen molar-refractivity contribution in [3.8, 4) is 0 Å². The quantitative estimate of drug-likeness (QED) is 0.609. The summed E-state index contributed by atoms with van der Waals surface area (Å²) in [5.41, 5.74) is 0.970. The predicted molar refractivity (Wildman–Crippen MR) is 51.6 cm³/mol. The highest BCUT2D eigenvalue weighted by atomic mass is 16.3. The van der Waals surface area contributed by atoms with Crippen LogP contribution in [0.25, 0.3) is 0 Å². The molecule has 0 saturated heterocycles. The molecule has 0 aliphatic rings. The molecule has 0 aliphatic carbocycles. The van der Waals surface area contributed by atoms with E-state index in [4.69, 9.17) is 5.11 Å². The molecule has 0 aromatic carbocycles. The first-order chi connectivity index (χ1) is 5.22. The minimum absolute atomic E-state index is 0.341. The fraction of sp³-hybridized carbons (Fsp3) is 0.600. The van der Waals surface area contributed by atoms with E-state index in [0.717, 1.165) is 5.57 Å². The Morgan fingerprint density at radius 1 is 1.27 bits per heavy atom. The third-order valence-corrected chi connectivity index (χ3v) is 1.17. The standard InChI is InChI=1S/C8H14O.C2H6/c1-4-6-8(5-2)7(3)9;1-2/h4-7,9H,1-3H3;1-2H3/b6-4-,8-5+;. The van der Waals surface area contributed by atoms with Crippen molar-refractivity contribution in [3.63, 3.8) is 0 Å². The third kappa shape index (κ3) is 7.34. The summed E-state index contributed by atoms with van der Waals surface area (Å²) in [4.78, 5) is 0. The van der Waals surface area contributed by atoms with E-state index in [9.17, 15) is 0 Å². The highest BCUT2D eigenvalue weighted by molar-refractivity contribution is 5.20. The van der Waals surface area contributed by atoms with Crippen molar-refractivity contribution in [1.29, 1.82) is 0 Å². The van der Waals surface area contributed by atoms with E-state index in [1.54, 1.807) is 6.92 Å². The van der Waals surface area contributed by atoms with Crippen LogP contribution in [0, 0.1) is 0 Å². The van der Waals surface area contributed by atoms with Gasteiger partial charge in [0.25, 0.3) is 0 Å². The molecule has 1 nitrogen and oxygen atoms in total. The number of rotatable bonds is 2. The minimum Gasteiger partial charge on any atom is -0.389 e. The summed E-state index contributed by atoms with van der Waals surface area (Å²) >= 11 is 0. The Morgan fingerprint density at radius 2 is 1.73 bits per heavy atom. The van der Waals surface area contributed by atoms with Gasteiger partial charge in [-0.05, 0) is 26.3 Å². The molecule has 0 radical (unpaired) electrons. The molecule has 1 atom stereocenters. The zero-order valence-corrected chi connectivity index (χ0v) is 8.26. The maximum Gasteiger partial charge on any atom is 0.0758 e. The average Bonchev–Trinajstić information content (AvgIpc) is 2.03. The van der Waals surface area contributed by atoms with Crippen LogP contribution in [0.2, 0.25) is 0 Å². The second-order valence-corrected chi connectivity index (χ2v) is 1.96. The molecular formula is C10H20O. The van der Waals surface area contributed by atoms with Gasteiger partial charge in [-0.2, -0.15) is 0 Å². The molecule has 0 fully saturated rings. The monoisotopic (exact) mass is 156 g/mol. The lowest BCUT2D eigenvalue weighted by atomic mass is 10.1. The zero-order valence-electron chi connectivity index (χ0n) is 8.26. The Morgan fingerprint density at radius 3 is 1.82 bits per heavy atom. The molecule has 0 aliphatic heterocycles. The molecule has 0 saturated carbocycles. The lowest BCUT2D eigenvalue weighted by Gasteiger charge is -2.02. The second kappa shape index (κ2) is 9.44. The maximum absolute atomic E-state index is 9.02. The van der Waals surface area contributed by atoms with Gasteiger partial charge in [0, 0.05) is 0 Å². The van der Waals surface area contributed by atoms with Crippen molar-refractivity contribution < 1.29 is 5.11 Å². The Balaban J connectivity index is 0. The molecule has 0 aromatic rings. The van der Waals surface area contributed by atoms with Crippen LogP contribution in [0.4, 0.5) is 0 Å². The Hall–Kier alpha value is -0.560. The van der Waals surface area contributed by atoms with Gasteiger partial charge in [-0.1, -0.05) is 32.1 Å². The van der Waals surface area contributed by atoms with Crippen molar-refractivity contribution in [3.05, 3.63) is 23.8 Å². The molecule has 0 rings (SSSR count). The molecule has 1 N–H and O–H groups in total. The van der Waals surface area contributed by atoms with Gasteiger partial charge in [0.1, 0.15) is 0 Å². The summed E-state index contributed by atoms with van der Waals surface area (Å²) in [6, 6.07) is 0. The zero-order chi connectivity index (χ0) is 9.28. The van der Waals surface area contributed by atoms with Gasteiger partial charge in [0.05, 0.1) is 6.10 Å². The lowest BCUT2D eigenvalue weighted by molar-refractivity contribution is 0.235. The van der Waals surface area contributed by atoms with E-state index in [1.807, 2.05) is 45.9 Å². The molecule has 0 bridgehead atoms. The van der Waals surface area contributed by atoms with E-state index in [0.29, 0.717) is 0 Å². The topological polar surface area (TPSA) is 20.2 Å². The highest BCUT2D eigenvalue weighted by Gasteiger charge is 1.96. The summed E-state index contributed by atoms with van der Waals surface area (Å²) in [6.07, 6.45) is 5.39. The van der Waals surface area contributed by atoms with Crippen molar-refractivity contribution in [2.75, 3.05) is 0 Å². The highest BCUT2D eigenvalue weighted by Crippen LogP contribution is 2.02. The third-order valence-electron chi connectivity index (χ3n) is 1.17. The van der Waals surface area contributed by atoms with Crippen LogP contribution < -0.4 is 0 Å². The molecular weight excluding hydrogens is 136 g/mol. The first-order valence-electron chi connectivity index (χ1n) is 4.19. The van der Waals surface area contributed by atoms with Crippen molar-refractivity contribution in [2.45, 2.75) is 40.7 Å². The van der Waals surface area contributed by atoms with Gasteiger partial charge in [-0.3, -0.25) is 0 Å². The molecule has 1 heteroatoms. The molecule has 1 unspecified atom stereocenters. The van der Waals surface area contributed by atoms with Crippen LogP contribution in [0.15, 0.2) is 23.8 Å². The van der Waals surface area contributed by atoms with Crippen LogP contribution in [-0.2, 0) is 0 Å². The Labute approximate surface area is 70.4 Å². The lowest BCUT2D eigenvalue weighted by Crippen LogP contribution is -2.00. The minimum atomic E-state index is -0.341. The number of aliphatic hydroxyl groups excluding tert-OH is 1. The van der Waals surface area contributed by atoms with Gasteiger partial charge >= 0.3 is 0 Å². The summed E-state index contributed by atoms with van der Waals surface area (Å²) < 4.78 is 0. The maximum atomic E-state index is 9.02. The molecule has 0 aromatic heterocycles. The van der Waals surface area contributed by atoms with Crippen molar-refractivity contribution in [2.24, 2.45) is 0 Å². The largest absolute Gasteiger partial charge is 0.389 e. The van der Waals surface area contributed by atoms with E-state index < -0.39 is 0 Å². The molecule has 0 amide bonds. The summed E-state index contributed by atoms with van der Waals surface area (Å²) in [5.74, 6) is 0. The SMILES string of the molecule is C/C=C\C(=C/C)C(C)O.CC. The van der Waals surface area contributed by atoms with Crippen LogP contribution >= 0.6 is 0 Å². The van der Waals surface area contributed by atoms with Gasteiger partial charge in [0.15, 0.2) is 0 Å². The van der Waals surface area contributed by atoms with Crippen LogP contribution in [0.1, 0.15) is 34.6 Å². The van der Waals surface area contributed by atoms with E-state index in [-0.39, 0.29) is 6.10 Å². The van der Waals surface area contributed by atoms with E-state index in [1.165, 1.54) is 0 Å². The number of aliphatic hydroxyl groups is 1. The fourth-order valence-electron chi connectivity index (χ4n) is 0.669. The first kappa shape index (κ1) is 13.1. The van der Waals surface area contributed by atoms with E-state index >= 15 is 0 Å². The van der Waals surface area contributed by atoms with Gasteiger partial charge in [-0.25, -0.2) is 0 Å². The van der Waals surface area contributed by atoms with Crippen LogP contribution in [0.5, 0.6) is 0 Å². The van der Waals surface area contributed by atoms with Crippen LogP contribution in [-0.4, -0.2) is 11.2 Å². The van der Waals surface area contributed by atoms with Crippen molar-refractivity contribution in [1.82, 2.24) is 0 Å². The molecule has 0 heterocycles. The molecule has 11 heavy (non-hydrogen) atoms. The summed E-state index contributed by atoms with van der Waals surface area (Å²) in [6.45, 7) is 9.61. The Kier molecular flexibility index (Phi) is 11.2. The number of allylic oxidation sites excluding steroid dienone is 2. The predicted octanol–water partition coefficient (Wildman–Crippen LogP) is 2.92. The first-order valence-corrected chi connectivity index (χ1v) is 4.19. The smallest absolute Gasteiger partial charge is 0.0758 e. The van der Waals surface area contributed by atoms with Crippen molar-refractivity contribution >= 4 is 0 Å². The van der Waals surface area contributed by atoms with Gasteiger partial charge < -0.3 is 5.11 Å². The summed E-state index contributed by atoms with van der Waals surface area (Å²) in [7, 11) is 0. The van der Waals surface area contributed by atoms with Gasteiger partial charge in [-0.15, -0.1) is 0 Å². The molecule has 0 spiro atoms. The second-order valence-electron chi connectivity index (χ2n) is 1.96. The summed E-state index contributed by atoms with van der Waals surface area (Å²) in [5, 5.41) is 9.02. The van der Waals surface area contributed by atoms with E-state index in [2.05, 4.69) is 0 Å². The normalized spacial score (nSPS) is 14.2. The van der Waals surface area contributed by atoms with Crippen LogP contribution in [0.3, 0.4) is 0 Å².